The van der Waals surface area contributed by atoms with Crippen LogP contribution in [0.15, 0.2) is 0 Å². The number of hydrogen-bond donors (Lipinski definition) is 2. The van der Waals surface area contributed by atoms with Crippen LogP contribution < -0.4 is 5.73 Å². The Hall–Kier alpha value is -1.01. The van der Waals surface area contributed by atoms with Crippen molar-refractivity contribution in [3.8, 4) is 11.8 Å². The van der Waals surface area contributed by atoms with Crippen molar-refractivity contribution in [2.45, 2.75) is 38.6 Å². The summed E-state index contributed by atoms with van der Waals surface area (Å²) < 4.78 is 0. The third-order valence-electron chi connectivity index (χ3n) is 1.48. The van der Waals surface area contributed by atoms with Crippen molar-refractivity contribution in [2.24, 2.45) is 5.73 Å². The van der Waals surface area contributed by atoms with Gasteiger partial charge in [-0.2, -0.15) is 0 Å². The second-order valence-corrected chi connectivity index (χ2v) is 2.68. The maximum Gasteiger partial charge on any atom is 0.381 e. The number of rotatable bonds is 4. The lowest BCUT2D eigenvalue weighted by Crippen LogP contribution is -2.17. The highest BCUT2D eigenvalue weighted by Crippen LogP contribution is 2.00. The summed E-state index contributed by atoms with van der Waals surface area (Å²) in [6.07, 6.45) is 4.07. The monoisotopic (exact) mass is 169 g/mol. The minimum atomic E-state index is -1.11. The second kappa shape index (κ2) is 6.68. The van der Waals surface area contributed by atoms with Gasteiger partial charge in [0.2, 0.25) is 0 Å². The number of carboxylic acids is 1. The molecule has 0 aliphatic heterocycles. The Kier molecular flexibility index (Phi) is 6.12. The minimum Gasteiger partial charge on any atom is -0.472 e. The van der Waals surface area contributed by atoms with E-state index in [1.807, 2.05) is 5.92 Å². The van der Waals surface area contributed by atoms with Gasteiger partial charge in [-0.15, -0.1) is 0 Å². The van der Waals surface area contributed by atoms with E-state index in [4.69, 9.17) is 10.8 Å². The Morgan fingerprint density at radius 2 is 2.25 bits per heavy atom. The SMILES string of the molecule is CCCCCC(N)C#CC(=O)O. The van der Waals surface area contributed by atoms with Gasteiger partial charge in [-0.25, -0.2) is 4.79 Å². The predicted molar refractivity (Wildman–Crippen MR) is 47.5 cm³/mol. The number of unbranched alkanes of at least 4 members (excludes halogenated alkanes) is 2. The van der Waals surface area contributed by atoms with Crippen molar-refractivity contribution in [2.75, 3.05) is 0 Å². The lowest BCUT2D eigenvalue weighted by Gasteiger charge is -2.01. The van der Waals surface area contributed by atoms with Crippen molar-refractivity contribution in [1.82, 2.24) is 0 Å². The number of carbonyl (C=O) groups is 1. The summed E-state index contributed by atoms with van der Waals surface area (Å²) in [7, 11) is 0. The lowest BCUT2D eigenvalue weighted by molar-refractivity contribution is -0.130. The molecule has 0 rings (SSSR count). The molecule has 0 amide bonds. The van der Waals surface area contributed by atoms with E-state index in [-0.39, 0.29) is 6.04 Å². The van der Waals surface area contributed by atoms with Gasteiger partial charge in [-0.3, -0.25) is 0 Å². The molecule has 0 spiro atoms. The topological polar surface area (TPSA) is 63.3 Å². The van der Waals surface area contributed by atoms with E-state index in [2.05, 4.69) is 12.8 Å². The highest BCUT2D eigenvalue weighted by Gasteiger charge is 1.96. The molecule has 68 valence electrons. The van der Waals surface area contributed by atoms with Crippen LogP contribution in [0.25, 0.3) is 0 Å². The molecule has 1 unspecified atom stereocenters. The van der Waals surface area contributed by atoms with Gasteiger partial charge in [-0.1, -0.05) is 32.1 Å². The first kappa shape index (κ1) is 11.0. The summed E-state index contributed by atoms with van der Waals surface area (Å²) in [5, 5.41) is 8.20. The van der Waals surface area contributed by atoms with Crippen LogP contribution in [-0.4, -0.2) is 17.1 Å². The molecule has 0 bridgehead atoms. The van der Waals surface area contributed by atoms with Gasteiger partial charge in [0.25, 0.3) is 0 Å². The van der Waals surface area contributed by atoms with Crippen molar-refractivity contribution in [3.05, 3.63) is 0 Å². The van der Waals surface area contributed by atoms with Crippen LogP contribution in [0.3, 0.4) is 0 Å². The van der Waals surface area contributed by atoms with Crippen LogP contribution >= 0.6 is 0 Å². The molecular formula is C9H15NO2. The van der Waals surface area contributed by atoms with Crippen LogP contribution in [-0.2, 0) is 4.79 Å². The summed E-state index contributed by atoms with van der Waals surface area (Å²) in [4.78, 5) is 10.0. The largest absolute Gasteiger partial charge is 0.472 e. The van der Waals surface area contributed by atoms with Crippen LogP contribution in [0, 0.1) is 11.8 Å². The van der Waals surface area contributed by atoms with Crippen LogP contribution in [0.4, 0.5) is 0 Å². The van der Waals surface area contributed by atoms with E-state index in [0.717, 1.165) is 25.7 Å². The van der Waals surface area contributed by atoms with Gasteiger partial charge in [-0.05, 0) is 6.42 Å². The zero-order valence-corrected chi connectivity index (χ0v) is 7.34. The number of nitrogens with two attached hydrogens (primary N) is 1. The quantitative estimate of drug-likeness (QED) is 0.487. The first-order chi connectivity index (χ1) is 5.66. The molecule has 0 saturated carbocycles. The van der Waals surface area contributed by atoms with Crippen molar-refractivity contribution < 1.29 is 9.90 Å². The molecule has 3 nitrogen and oxygen atoms in total. The minimum absolute atomic E-state index is 0.285. The molecule has 0 fully saturated rings. The highest BCUT2D eigenvalue weighted by atomic mass is 16.4. The molecule has 0 aromatic carbocycles. The third-order valence-corrected chi connectivity index (χ3v) is 1.48. The maximum absolute atomic E-state index is 10.0. The van der Waals surface area contributed by atoms with Crippen molar-refractivity contribution >= 4 is 5.97 Å². The zero-order chi connectivity index (χ0) is 9.40. The van der Waals surface area contributed by atoms with Crippen LogP contribution in [0.2, 0.25) is 0 Å². The number of hydrogen-bond acceptors (Lipinski definition) is 2. The first-order valence-electron chi connectivity index (χ1n) is 4.17. The van der Waals surface area contributed by atoms with Gasteiger partial charge >= 0.3 is 5.97 Å². The predicted octanol–water partition coefficient (Wildman–Crippen LogP) is 0.982. The molecule has 0 aliphatic carbocycles. The molecule has 3 heteroatoms. The fourth-order valence-electron chi connectivity index (χ4n) is 0.841. The van der Waals surface area contributed by atoms with Crippen molar-refractivity contribution in [3.63, 3.8) is 0 Å². The Morgan fingerprint density at radius 3 is 2.75 bits per heavy atom. The van der Waals surface area contributed by atoms with E-state index in [9.17, 15) is 4.79 Å². The first-order valence-corrected chi connectivity index (χ1v) is 4.17. The summed E-state index contributed by atoms with van der Waals surface area (Å²) in [5.74, 6) is 3.37. The third kappa shape index (κ3) is 7.10. The Labute approximate surface area is 73.0 Å². The summed E-state index contributed by atoms with van der Waals surface area (Å²) in [5.41, 5.74) is 5.53. The fraction of sp³-hybridized carbons (Fsp3) is 0.667. The zero-order valence-electron chi connectivity index (χ0n) is 7.34. The van der Waals surface area contributed by atoms with Crippen LogP contribution in [0.1, 0.15) is 32.6 Å². The normalized spacial score (nSPS) is 11.5. The van der Waals surface area contributed by atoms with Crippen molar-refractivity contribution in [1.29, 1.82) is 0 Å². The van der Waals surface area contributed by atoms with Gasteiger partial charge in [0.15, 0.2) is 0 Å². The molecule has 3 N–H and O–H groups in total. The molecule has 0 saturated heterocycles. The smallest absolute Gasteiger partial charge is 0.381 e. The van der Waals surface area contributed by atoms with E-state index in [1.165, 1.54) is 0 Å². The Bertz CT molecular complexity index is 190. The van der Waals surface area contributed by atoms with Gasteiger partial charge in [0, 0.05) is 5.92 Å². The van der Waals surface area contributed by atoms with E-state index < -0.39 is 5.97 Å². The standard InChI is InChI=1S/C9H15NO2/c1-2-3-4-5-8(10)6-7-9(11)12/h8H,2-5,10H2,1H3,(H,11,12). The Morgan fingerprint density at radius 1 is 1.58 bits per heavy atom. The maximum atomic E-state index is 10.0. The Balaban J connectivity index is 3.54. The molecule has 0 aromatic heterocycles. The van der Waals surface area contributed by atoms with E-state index >= 15 is 0 Å². The second-order valence-electron chi connectivity index (χ2n) is 2.68. The van der Waals surface area contributed by atoms with Crippen LogP contribution in [0.5, 0.6) is 0 Å². The molecule has 12 heavy (non-hydrogen) atoms. The lowest BCUT2D eigenvalue weighted by atomic mass is 10.1. The molecule has 0 aromatic rings. The van der Waals surface area contributed by atoms with E-state index in [1.54, 1.807) is 0 Å². The van der Waals surface area contributed by atoms with Gasteiger partial charge in [0.1, 0.15) is 0 Å². The summed E-state index contributed by atoms with van der Waals surface area (Å²) >= 11 is 0. The van der Waals surface area contributed by atoms with Gasteiger partial charge < -0.3 is 10.8 Å². The molecule has 1 atom stereocenters. The molecular weight excluding hydrogens is 154 g/mol. The van der Waals surface area contributed by atoms with E-state index in [0.29, 0.717) is 0 Å². The summed E-state index contributed by atoms with van der Waals surface area (Å²) in [6.45, 7) is 2.11. The average molecular weight is 169 g/mol. The average Bonchev–Trinajstić information content (AvgIpc) is 2.01. The fourth-order valence-corrected chi connectivity index (χ4v) is 0.841. The number of aliphatic carboxylic acids is 1. The van der Waals surface area contributed by atoms with Gasteiger partial charge in [0.05, 0.1) is 6.04 Å². The molecule has 0 aliphatic rings. The summed E-state index contributed by atoms with van der Waals surface area (Å²) in [6, 6.07) is -0.285. The molecule has 0 heterocycles. The highest BCUT2D eigenvalue weighted by molar-refractivity contribution is 5.86. The molecule has 0 radical (unpaired) electrons. The number of carboxylic acid groups (broad SMARTS) is 1.